The van der Waals surface area contributed by atoms with E-state index in [0.717, 1.165) is 85.1 Å². The van der Waals surface area contributed by atoms with Crippen molar-refractivity contribution < 1.29 is 4.79 Å². The van der Waals surface area contributed by atoms with E-state index in [0.29, 0.717) is 0 Å². The Morgan fingerprint density at radius 1 is 0.732 bits per heavy atom. The minimum Gasteiger partial charge on any atom is -0.371 e. The SMILES string of the molecule is CCCCC1=CC(=Nc2c(C)cc(N(CC(CC)CCCC)CC(CC)CCCC)cc2C)C(CC)=C(CC)C1=O. The lowest BCUT2D eigenvalue weighted by molar-refractivity contribution is -0.112. The zero-order chi connectivity index (χ0) is 30.4. The molecule has 2 rings (SSSR count). The Morgan fingerprint density at radius 3 is 1.68 bits per heavy atom. The van der Waals surface area contributed by atoms with Crippen LogP contribution < -0.4 is 4.90 Å². The highest BCUT2D eigenvalue weighted by Gasteiger charge is 2.25. The number of aliphatic imine (C=N–C) groups is 1. The molecule has 0 saturated heterocycles. The van der Waals surface area contributed by atoms with Crippen LogP contribution in [0.5, 0.6) is 0 Å². The standard InChI is InChI=1S/C38H62N2O/c1-10-17-20-30(13-4)26-40(27-31(14-5)21-18-11-2)33-23-28(8)37(29(9)24-33)39-36-25-32(22-19-12-3)38(41)35(16-7)34(36)15-6/h23-25,30-31H,10-22,26-27H2,1-9H3. The molecule has 2 atom stereocenters. The number of hydrogen-bond donors (Lipinski definition) is 0. The molecule has 0 fully saturated rings. The Hall–Kier alpha value is -2.16. The second-order valence-corrected chi connectivity index (χ2v) is 12.4. The van der Waals surface area contributed by atoms with Crippen LogP contribution in [0.25, 0.3) is 0 Å². The molecule has 0 radical (unpaired) electrons. The summed E-state index contributed by atoms with van der Waals surface area (Å²) in [5.74, 6) is 1.71. The average Bonchev–Trinajstić information content (AvgIpc) is 2.97. The third-order valence-corrected chi connectivity index (χ3v) is 9.17. The van der Waals surface area contributed by atoms with E-state index >= 15 is 0 Å². The smallest absolute Gasteiger partial charge is 0.185 e. The summed E-state index contributed by atoms with van der Waals surface area (Å²) in [7, 11) is 0. The first-order chi connectivity index (χ1) is 19.8. The molecule has 0 spiro atoms. The van der Waals surface area contributed by atoms with E-state index in [1.165, 1.54) is 68.2 Å². The van der Waals surface area contributed by atoms with Crippen LogP contribution in [0.2, 0.25) is 0 Å². The lowest BCUT2D eigenvalue weighted by Crippen LogP contribution is -2.34. The average molecular weight is 563 g/mol. The van der Waals surface area contributed by atoms with Crippen LogP contribution in [0.1, 0.15) is 143 Å². The first-order valence-corrected chi connectivity index (χ1v) is 17.2. The van der Waals surface area contributed by atoms with E-state index in [2.05, 4.69) is 85.4 Å². The number of allylic oxidation sites excluding steroid dienone is 4. The summed E-state index contributed by atoms with van der Waals surface area (Å²) >= 11 is 0. The zero-order valence-electron chi connectivity index (χ0n) is 28.3. The van der Waals surface area contributed by atoms with E-state index < -0.39 is 0 Å². The summed E-state index contributed by atoms with van der Waals surface area (Å²) in [6.45, 7) is 22.5. The van der Waals surface area contributed by atoms with Gasteiger partial charge in [0, 0.05) is 29.9 Å². The van der Waals surface area contributed by atoms with Crippen LogP contribution >= 0.6 is 0 Å². The van der Waals surface area contributed by atoms with Gasteiger partial charge in [0.2, 0.25) is 0 Å². The van der Waals surface area contributed by atoms with Gasteiger partial charge >= 0.3 is 0 Å². The van der Waals surface area contributed by atoms with E-state index in [1.54, 1.807) is 0 Å². The van der Waals surface area contributed by atoms with E-state index in [4.69, 9.17) is 4.99 Å². The molecular weight excluding hydrogens is 500 g/mol. The Bertz CT molecular complexity index is 1020. The van der Waals surface area contributed by atoms with Crippen molar-refractivity contribution in [2.24, 2.45) is 16.8 Å². The highest BCUT2D eigenvalue weighted by Crippen LogP contribution is 2.35. The molecule has 1 aromatic rings. The van der Waals surface area contributed by atoms with E-state index in [9.17, 15) is 4.79 Å². The Balaban J connectivity index is 2.54. The molecule has 1 aromatic carbocycles. The van der Waals surface area contributed by atoms with Gasteiger partial charge in [0.15, 0.2) is 5.78 Å². The molecule has 1 aliphatic rings. The summed E-state index contributed by atoms with van der Waals surface area (Å²) in [6.07, 6.45) is 17.0. The summed E-state index contributed by atoms with van der Waals surface area (Å²) in [5, 5.41) is 0. The van der Waals surface area contributed by atoms with Crippen molar-refractivity contribution >= 4 is 22.9 Å². The molecule has 0 saturated carbocycles. The quantitative estimate of drug-likeness (QED) is 0.157. The number of carbonyl (C=O) groups excluding carboxylic acids is 1. The molecule has 0 amide bonds. The van der Waals surface area contributed by atoms with Gasteiger partial charge in [-0.2, -0.15) is 0 Å². The minimum absolute atomic E-state index is 0.248. The van der Waals surface area contributed by atoms with Gasteiger partial charge in [0.05, 0.1) is 11.4 Å². The molecular formula is C38H62N2O. The fourth-order valence-corrected chi connectivity index (χ4v) is 6.38. The first-order valence-electron chi connectivity index (χ1n) is 17.2. The van der Waals surface area contributed by atoms with Gasteiger partial charge in [-0.15, -0.1) is 0 Å². The number of nitrogens with zero attached hydrogens (tertiary/aromatic N) is 2. The second-order valence-electron chi connectivity index (χ2n) is 12.4. The van der Waals surface area contributed by atoms with E-state index in [-0.39, 0.29) is 5.78 Å². The Morgan fingerprint density at radius 2 is 1.24 bits per heavy atom. The van der Waals surface area contributed by atoms with Crippen molar-refractivity contribution in [3.8, 4) is 0 Å². The van der Waals surface area contributed by atoms with Crippen molar-refractivity contribution in [3.05, 3.63) is 46.1 Å². The van der Waals surface area contributed by atoms with Crippen LogP contribution in [0.3, 0.4) is 0 Å². The molecule has 0 aromatic heterocycles. The van der Waals surface area contributed by atoms with Gasteiger partial charge in [-0.1, -0.05) is 93.4 Å². The molecule has 2 unspecified atom stereocenters. The largest absolute Gasteiger partial charge is 0.371 e. The van der Waals surface area contributed by atoms with Crippen molar-refractivity contribution in [2.45, 2.75) is 146 Å². The molecule has 0 heterocycles. The maximum Gasteiger partial charge on any atom is 0.185 e. The van der Waals surface area contributed by atoms with Crippen molar-refractivity contribution in [3.63, 3.8) is 0 Å². The number of anilines is 1. The molecule has 0 aliphatic heterocycles. The van der Waals surface area contributed by atoms with Crippen molar-refractivity contribution in [1.29, 1.82) is 0 Å². The molecule has 3 nitrogen and oxygen atoms in total. The highest BCUT2D eigenvalue weighted by molar-refractivity contribution is 6.25. The topological polar surface area (TPSA) is 32.7 Å². The maximum absolute atomic E-state index is 13.3. The van der Waals surface area contributed by atoms with E-state index in [1.807, 2.05) is 0 Å². The number of Topliss-reactive ketones (excluding diaryl/α,β-unsaturated/α-hetero) is 1. The number of hydrogen-bond acceptors (Lipinski definition) is 3. The number of aryl methyl sites for hydroxylation is 2. The molecule has 41 heavy (non-hydrogen) atoms. The normalized spacial score (nSPS) is 16.4. The fraction of sp³-hybridized carbons (Fsp3) is 0.684. The second kappa shape index (κ2) is 18.4. The number of benzene rings is 1. The van der Waals surface area contributed by atoms with Gasteiger partial charge < -0.3 is 4.90 Å². The number of ketones is 1. The highest BCUT2D eigenvalue weighted by atomic mass is 16.1. The minimum atomic E-state index is 0.248. The predicted octanol–water partition coefficient (Wildman–Crippen LogP) is 11.4. The number of rotatable bonds is 19. The molecule has 230 valence electrons. The lowest BCUT2D eigenvalue weighted by atomic mass is 9.84. The van der Waals surface area contributed by atoms with Gasteiger partial charge in [0.1, 0.15) is 0 Å². The van der Waals surface area contributed by atoms with Crippen LogP contribution in [-0.2, 0) is 4.79 Å². The van der Waals surface area contributed by atoms with Crippen LogP contribution in [-0.4, -0.2) is 24.6 Å². The molecule has 1 aliphatic carbocycles. The lowest BCUT2D eigenvalue weighted by Gasteiger charge is -2.33. The van der Waals surface area contributed by atoms with Gasteiger partial charge in [-0.25, -0.2) is 4.99 Å². The van der Waals surface area contributed by atoms with Crippen LogP contribution in [0, 0.1) is 25.7 Å². The monoisotopic (exact) mass is 562 g/mol. The van der Waals surface area contributed by atoms with Gasteiger partial charge in [-0.3, -0.25) is 4.79 Å². The zero-order valence-corrected chi connectivity index (χ0v) is 28.3. The third-order valence-electron chi connectivity index (χ3n) is 9.17. The van der Waals surface area contributed by atoms with Gasteiger partial charge in [-0.05, 0) is 99.1 Å². The van der Waals surface area contributed by atoms with Crippen molar-refractivity contribution in [2.75, 3.05) is 18.0 Å². The summed E-state index contributed by atoms with van der Waals surface area (Å²) < 4.78 is 0. The number of carbonyl (C=O) groups is 1. The molecule has 0 N–H and O–H groups in total. The van der Waals surface area contributed by atoms with Gasteiger partial charge in [0.25, 0.3) is 0 Å². The summed E-state index contributed by atoms with van der Waals surface area (Å²) in [6, 6.07) is 4.77. The fourth-order valence-electron chi connectivity index (χ4n) is 6.38. The predicted molar refractivity (Wildman–Crippen MR) is 182 cm³/mol. The van der Waals surface area contributed by atoms with Crippen molar-refractivity contribution in [1.82, 2.24) is 0 Å². The van der Waals surface area contributed by atoms with Crippen LogP contribution in [0.15, 0.2) is 39.9 Å². The molecule has 0 bridgehead atoms. The third kappa shape index (κ3) is 9.97. The Kier molecular flexibility index (Phi) is 15.7. The summed E-state index contributed by atoms with van der Waals surface area (Å²) in [5.41, 5.74) is 8.92. The molecule has 3 heteroatoms. The first kappa shape index (κ1) is 35.0. The van der Waals surface area contributed by atoms with Crippen LogP contribution in [0.4, 0.5) is 11.4 Å². The summed E-state index contributed by atoms with van der Waals surface area (Å²) in [4.78, 5) is 21.3. The maximum atomic E-state index is 13.3. The Labute approximate surface area is 254 Å². The number of unbranched alkanes of at least 4 members (excludes halogenated alkanes) is 3.